The number of hydrogen-bond acceptors (Lipinski definition) is 4. The Morgan fingerprint density at radius 3 is 2.78 bits per heavy atom. The second-order valence-electron chi connectivity index (χ2n) is 5.04. The van der Waals surface area contributed by atoms with Crippen molar-refractivity contribution in [3.05, 3.63) is 35.4 Å². The van der Waals surface area contributed by atoms with Crippen LogP contribution in [0, 0.1) is 0 Å². The number of hydrogen-bond donors (Lipinski definition) is 1. The maximum atomic E-state index is 4.43. The van der Waals surface area contributed by atoms with Gasteiger partial charge in [-0.25, -0.2) is 0 Å². The summed E-state index contributed by atoms with van der Waals surface area (Å²) < 4.78 is 0. The number of benzene rings is 1. The maximum Gasteiger partial charge on any atom is 0.194 e. The average Bonchev–Trinajstić information content (AvgIpc) is 2.72. The molecule has 1 aliphatic heterocycles. The fraction of sp³-hybridized carbons (Fsp3) is 0.500. The van der Waals surface area contributed by atoms with Crippen LogP contribution in [0.25, 0.3) is 0 Å². The highest BCUT2D eigenvalue weighted by Gasteiger charge is 2.11. The summed E-state index contributed by atoms with van der Waals surface area (Å²) in [6.45, 7) is 3.74. The fourth-order valence-electron chi connectivity index (χ4n) is 2.11. The minimum Gasteiger partial charge on any atom is -0.352 e. The first kappa shape index (κ1) is 12.9. The van der Waals surface area contributed by atoms with E-state index in [0.29, 0.717) is 0 Å². The molecule has 0 spiro atoms. The molecule has 4 nitrogen and oxygen atoms in total. The van der Waals surface area contributed by atoms with Crippen molar-refractivity contribution in [1.82, 2.24) is 15.1 Å². The minimum absolute atomic E-state index is 0.838. The van der Waals surface area contributed by atoms with E-state index in [1.165, 1.54) is 11.1 Å². The second kappa shape index (κ2) is 5.87. The smallest absolute Gasteiger partial charge is 0.194 e. The fourth-order valence-corrected chi connectivity index (χ4v) is 2.11. The molecular weight excluding hydrogens is 224 g/mol. The molecule has 0 aromatic heterocycles. The standard InChI is InChI=1S/C14H22N4/c1-17(2)11-13-6-4-5-12(9-13)10-16-14-15-7-8-18(14)3/h4-6,9H,7-8,10-11H2,1-3H3,(H,15,16). The van der Waals surface area contributed by atoms with Gasteiger partial charge in [-0.3, -0.25) is 4.99 Å². The predicted octanol–water partition coefficient (Wildman–Crippen LogP) is 1.14. The summed E-state index contributed by atoms with van der Waals surface area (Å²) in [7, 11) is 6.25. The van der Waals surface area contributed by atoms with E-state index in [9.17, 15) is 0 Å². The lowest BCUT2D eigenvalue weighted by Crippen LogP contribution is -2.35. The van der Waals surface area contributed by atoms with Gasteiger partial charge in [0, 0.05) is 26.7 Å². The first-order valence-corrected chi connectivity index (χ1v) is 6.37. The van der Waals surface area contributed by atoms with Crippen molar-refractivity contribution in [2.24, 2.45) is 4.99 Å². The van der Waals surface area contributed by atoms with E-state index in [1.54, 1.807) is 0 Å². The lowest BCUT2D eigenvalue weighted by Gasteiger charge is -2.16. The molecule has 0 fully saturated rings. The molecule has 0 bridgehead atoms. The molecule has 0 aliphatic carbocycles. The summed E-state index contributed by atoms with van der Waals surface area (Å²) in [6.07, 6.45) is 0. The Kier molecular flexibility index (Phi) is 4.20. The summed E-state index contributed by atoms with van der Waals surface area (Å²) in [4.78, 5) is 8.76. The van der Waals surface area contributed by atoms with Crippen molar-refractivity contribution >= 4 is 5.96 Å². The summed E-state index contributed by atoms with van der Waals surface area (Å²) in [5, 5.41) is 3.39. The summed E-state index contributed by atoms with van der Waals surface area (Å²) in [6, 6.07) is 8.70. The SMILES string of the molecule is CN(C)Cc1cccc(CNC2=NCCN2C)c1. The van der Waals surface area contributed by atoms with Crippen molar-refractivity contribution in [2.45, 2.75) is 13.1 Å². The molecule has 1 heterocycles. The van der Waals surface area contributed by atoms with Crippen LogP contribution in [0.3, 0.4) is 0 Å². The van der Waals surface area contributed by atoms with Gasteiger partial charge >= 0.3 is 0 Å². The zero-order valence-electron chi connectivity index (χ0n) is 11.5. The van der Waals surface area contributed by atoms with Crippen molar-refractivity contribution in [1.29, 1.82) is 0 Å². The molecule has 1 aliphatic rings. The van der Waals surface area contributed by atoms with Crippen molar-refractivity contribution in [2.75, 3.05) is 34.2 Å². The number of guanidine groups is 1. The highest BCUT2D eigenvalue weighted by atomic mass is 15.3. The Labute approximate surface area is 109 Å². The topological polar surface area (TPSA) is 30.9 Å². The zero-order chi connectivity index (χ0) is 13.0. The average molecular weight is 246 g/mol. The number of rotatable bonds is 4. The van der Waals surface area contributed by atoms with Gasteiger partial charge < -0.3 is 15.1 Å². The summed E-state index contributed by atoms with van der Waals surface area (Å²) in [5.74, 6) is 1.01. The molecule has 0 amide bonds. The van der Waals surface area contributed by atoms with Gasteiger partial charge in [-0.05, 0) is 25.2 Å². The number of likely N-dealkylation sites (N-methyl/N-ethyl adjacent to an activating group) is 1. The van der Waals surface area contributed by atoms with Crippen LogP contribution in [-0.2, 0) is 13.1 Å². The van der Waals surface area contributed by atoms with Gasteiger partial charge in [0.2, 0.25) is 0 Å². The van der Waals surface area contributed by atoms with E-state index >= 15 is 0 Å². The van der Waals surface area contributed by atoms with Crippen LogP contribution in [0.15, 0.2) is 29.3 Å². The second-order valence-corrected chi connectivity index (χ2v) is 5.04. The molecule has 0 atom stereocenters. The summed E-state index contributed by atoms with van der Waals surface area (Å²) >= 11 is 0. The van der Waals surface area contributed by atoms with Gasteiger partial charge in [0.05, 0.1) is 6.54 Å². The molecule has 1 N–H and O–H groups in total. The maximum absolute atomic E-state index is 4.43. The highest BCUT2D eigenvalue weighted by Crippen LogP contribution is 2.07. The molecule has 0 saturated heterocycles. The van der Waals surface area contributed by atoms with Crippen LogP contribution in [0.4, 0.5) is 0 Å². The van der Waals surface area contributed by atoms with Crippen LogP contribution in [0.2, 0.25) is 0 Å². The van der Waals surface area contributed by atoms with Crippen LogP contribution in [0.5, 0.6) is 0 Å². The van der Waals surface area contributed by atoms with Gasteiger partial charge in [-0.2, -0.15) is 0 Å². The lowest BCUT2D eigenvalue weighted by atomic mass is 10.1. The van der Waals surface area contributed by atoms with Gasteiger partial charge in [0.25, 0.3) is 0 Å². The number of nitrogens with one attached hydrogen (secondary N) is 1. The van der Waals surface area contributed by atoms with E-state index in [-0.39, 0.29) is 0 Å². The van der Waals surface area contributed by atoms with Gasteiger partial charge in [0.15, 0.2) is 5.96 Å². The molecular formula is C14H22N4. The predicted molar refractivity (Wildman–Crippen MR) is 75.6 cm³/mol. The van der Waals surface area contributed by atoms with Crippen LogP contribution in [-0.4, -0.2) is 50.0 Å². The Bertz CT molecular complexity index is 426. The minimum atomic E-state index is 0.838. The van der Waals surface area contributed by atoms with Crippen molar-refractivity contribution < 1.29 is 0 Å². The van der Waals surface area contributed by atoms with Gasteiger partial charge in [-0.15, -0.1) is 0 Å². The third-order valence-electron chi connectivity index (χ3n) is 3.00. The first-order valence-electron chi connectivity index (χ1n) is 6.37. The molecule has 0 radical (unpaired) electrons. The normalized spacial score (nSPS) is 15.1. The van der Waals surface area contributed by atoms with Gasteiger partial charge in [-0.1, -0.05) is 24.3 Å². The molecule has 18 heavy (non-hydrogen) atoms. The van der Waals surface area contributed by atoms with Crippen LogP contribution < -0.4 is 5.32 Å². The first-order chi connectivity index (χ1) is 8.65. The molecule has 0 saturated carbocycles. The zero-order valence-corrected chi connectivity index (χ0v) is 11.5. The van der Waals surface area contributed by atoms with Gasteiger partial charge in [0.1, 0.15) is 0 Å². The van der Waals surface area contributed by atoms with E-state index in [1.807, 2.05) is 0 Å². The molecule has 2 rings (SSSR count). The Hall–Kier alpha value is -1.55. The van der Waals surface area contributed by atoms with Crippen molar-refractivity contribution in [3.8, 4) is 0 Å². The quantitative estimate of drug-likeness (QED) is 0.864. The largest absolute Gasteiger partial charge is 0.352 e. The summed E-state index contributed by atoms with van der Waals surface area (Å²) in [5.41, 5.74) is 2.65. The monoisotopic (exact) mass is 246 g/mol. The molecule has 0 unspecified atom stereocenters. The molecule has 98 valence electrons. The third-order valence-corrected chi connectivity index (χ3v) is 3.00. The van der Waals surface area contributed by atoms with E-state index in [2.05, 4.69) is 65.5 Å². The third kappa shape index (κ3) is 3.47. The number of aliphatic imine (C=N–C) groups is 1. The van der Waals surface area contributed by atoms with E-state index < -0.39 is 0 Å². The van der Waals surface area contributed by atoms with E-state index in [0.717, 1.165) is 32.1 Å². The Morgan fingerprint density at radius 2 is 2.11 bits per heavy atom. The van der Waals surface area contributed by atoms with Crippen molar-refractivity contribution in [3.63, 3.8) is 0 Å². The molecule has 1 aromatic rings. The Balaban J connectivity index is 1.93. The highest BCUT2D eigenvalue weighted by molar-refractivity contribution is 5.81. The number of nitrogens with zero attached hydrogens (tertiary/aromatic N) is 3. The molecule has 1 aromatic carbocycles. The Morgan fingerprint density at radius 1 is 1.33 bits per heavy atom. The van der Waals surface area contributed by atoms with Crippen LogP contribution in [0.1, 0.15) is 11.1 Å². The van der Waals surface area contributed by atoms with Crippen LogP contribution >= 0.6 is 0 Å². The molecule has 4 heteroatoms. The van der Waals surface area contributed by atoms with E-state index in [4.69, 9.17) is 0 Å². The lowest BCUT2D eigenvalue weighted by molar-refractivity contribution is 0.402.